The molecule has 0 saturated carbocycles. The van der Waals surface area contributed by atoms with Crippen molar-refractivity contribution in [2.24, 2.45) is 5.73 Å². The lowest BCUT2D eigenvalue weighted by molar-refractivity contribution is -0.116. The lowest BCUT2D eigenvalue weighted by Crippen LogP contribution is -2.25. The molecule has 0 spiro atoms. The Morgan fingerprint density at radius 1 is 1.04 bits per heavy atom. The third-order valence-electron chi connectivity index (χ3n) is 3.80. The molecule has 0 aliphatic heterocycles. The van der Waals surface area contributed by atoms with Gasteiger partial charge in [-0.05, 0) is 49.6 Å². The molecule has 5 nitrogen and oxygen atoms in total. The standard InChI is InChI=1S/C20H25N3O2/c1-15(21)7-12-19(24)23-18-10-8-17(9-11-18)20(25)22-14-13-16-5-3-2-4-6-16/h2-6,8-11,15H,7,12-14,21H2,1H3,(H,22,25)(H,23,24). The summed E-state index contributed by atoms with van der Waals surface area (Å²) in [6.45, 7) is 2.46. The summed E-state index contributed by atoms with van der Waals surface area (Å²) in [7, 11) is 0. The number of hydrogen-bond donors (Lipinski definition) is 3. The molecule has 0 saturated heterocycles. The van der Waals surface area contributed by atoms with Gasteiger partial charge in [0.1, 0.15) is 0 Å². The van der Waals surface area contributed by atoms with E-state index in [1.54, 1.807) is 24.3 Å². The van der Waals surface area contributed by atoms with Crippen LogP contribution in [0.15, 0.2) is 54.6 Å². The summed E-state index contributed by atoms with van der Waals surface area (Å²) in [6, 6.07) is 16.9. The molecule has 2 amide bonds. The molecular weight excluding hydrogens is 314 g/mol. The Morgan fingerprint density at radius 2 is 1.72 bits per heavy atom. The second kappa shape index (κ2) is 9.59. The zero-order chi connectivity index (χ0) is 18.1. The molecule has 0 radical (unpaired) electrons. The van der Waals surface area contributed by atoms with Crippen LogP contribution in [0, 0.1) is 0 Å². The molecule has 1 atom stereocenters. The average Bonchev–Trinajstić information content (AvgIpc) is 2.61. The van der Waals surface area contributed by atoms with E-state index in [1.807, 2.05) is 37.3 Å². The van der Waals surface area contributed by atoms with Crippen LogP contribution in [-0.2, 0) is 11.2 Å². The molecule has 0 bridgehead atoms. The highest BCUT2D eigenvalue weighted by atomic mass is 16.2. The van der Waals surface area contributed by atoms with E-state index in [1.165, 1.54) is 5.56 Å². The van der Waals surface area contributed by atoms with Gasteiger partial charge in [0.15, 0.2) is 0 Å². The van der Waals surface area contributed by atoms with Crippen molar-refractivity contribution in [1.29, 1.82) is 0 Å². The minimum absolute atomic E-state index is 0.00714. The fraction of sp³-hybridized carbons (Fsp3) is 0.300. The van der Waals surface area contributed by atoms with Crippen molar-refractivity contribution in [3.8, 4) is 0 Å². The Morgan fingerprint density at radius 3 is 2.36 bits per heavy atom. The van der Waals surface area contributed by atoms with Crippen molar-refractivity contribution in [3.63, 3.8) is 0 Å². The molecule has 2 aromatic rings. The van der Waals surface area contributed by atoms with Crippen LogP contribution in [0.3, 0.4) is 0 Å². The van der Waals surface area contributed by atoms with Crippen molar-refractivity contribution in [2.75, 3.05) is 11.9 Å². The predicted octanol–water partition coefficient (Wildman–Crippen LogP) is 2.73. The average molecular weight is 339 g/mol. The summed E-state index contributed by atoms with van der Waals surface area (Å²) in [5.41, 5.74) is 8.07. The molecule has 4 N–H and O–H groups in total. The van der Waals surface area contributed by atoms with E-state index in [0.717, 1.165) is 6.42 Å². The van der Waals surface area contributed by atoms with Crippen molar-refractivity contribution in [1.82, 2.24) is 5.32 Å². The molecule has 2 aromatic carbocycles. The van der Waals surface area contributed by atoms with E-state index in [0.29, 0.717) is 30.6 Å². The summed E-state index contributed by atoms with van der Waals surface area (Å²) in [4.78, 5) is 23.9. The highest BCUT2D eigenvalue weighted by Gasteiger charge is 2.07. The number of nitrogens with one attached hydrogen (secondary N) is 2. The quantitative estimate of drug-likeness (QED) is 0.691. The lowest BCUT2D eigenvalue weighted by atomic mass is 10.1. The van der Waals surface area contributed by atoms with E-state index in [9.17, 15) is 9.59 Å². The Bertz CT molecular complexity index is 682. The SMILES string of the molecule is CC(N)CCC(=O)Nc1ccc(C(=O)NCCc2ccccc2)cc1. The maximum Gasteiger partial charge on any atom is 0.251 e. The van der Waals surface area contributed by atoms with Crippen molar-refractivity contribution < 1.29 is 9.59 Å². The van der Waals surface area contributed by atoms with Crippen LogP contribution in [-0.4, -0.2) is 24.4 Å². The van der Waals surface area contributed by atoms with Crippen LogP contribution in [0.1, 0.15) is 35.7 Å². The van der Waals surface area contributed by atoms with E-state index in [-0.39, 0.29) is 17.9 Å². The number of anilines is 1. The third-order valence-corrected chi connectivity index (χ3v) is 3.80. The summed E-state index contributed by atoms with van der Waals surface area (Å²) in [5, 5.41) is 5.70. The monoisotopic (exact) mass is 339 g/mol. The van der Waals surface area contributed by atoms with E-state index in [2.05, 4.69) is 10.6 Å². The molecule has 0 heterocycles. The van der Waals surface area contributed by atoms with Gasteiger partial charge in [0, 0.05) is 30.3 Å². The Hall–Kier alpha value is -2.66. The van der Waals surface area contributed by atoms with Gasteiger partial charge >= 0.3 is 0 Å². The molecule has 1 unspecified atom stereocenters. The minimum Gasteiger partial charge on any atom is -0.352 e. The molecule has 2 rings (SSSR count). The van der Waals surface area contributed by atoms with Gasteiger partial charge < -0.3 is 16.4 Å². The second-order valence-electron chi connectivity index (χ2n) is 6.13. The van der Waals surface area contributed by atoms with Crippen LogP contribution >= 0.6 is 0 Å². The number of hydrogen-bond acceptors (Lipinski definition) is 3. The van der Waals surface area contributed by atoms with Crippen LogP contribution in [0.4, 0.5) is 5.69 Å². The first-order valence-electron chi connectivity index (χ1n) is 8.52. The summed E-state index contributed by atoms with van der Waals surface area (Å²) < 4.78 is 0. The second-order valence-corrected chi connectivity index (χ2v) is 6.13. The Kier molecular flexibility index (Phi) is 7.16. The molecule has 0 aromatic heterocycles. The number of benzene rings is 2. The Balaban J connectivity index is 1.78. The molecule has 0 aliphatic carbocycles. The number of carbonyl (C=O) groups excluding carboxylic acids is 2. The van der Waals surface area contributed by atoms with Crippen LogP contribution in [0.25, 0.3) is 0 Å². The number of rotatable bonds is 8. The van der Waals surface area contributed by atoms with E-state index in [4.69, 9.17) is 5.73 Å². The van der Waals surface area contributed by atoms with Gasteiger partial charge in [0.25, 0.3) is 5.91 Å². The predicted molar refractivity (Wildman–Crippen MR) is 100 cm³/mol. The zero-order valence-electron chi connectivity index (χ0n) is 14.5. The van der Waals surface area contributed by atoms with Gasteiger partial charge in [0.2, 0.25) is 5.91 Å². The maximum atomic E-state index is 12.1. The lowest BCUT2D eigenvalue weighted by Gasteiger charge is -2.08. The largest absolute Gasteiger partial charge is 0.352 e. The summed E-state index contributed by atoms with van der Waals surface area (Å²) in [5.74, 6) is -0.192. The Labute approximate surface area is 148 Å². The third kappa shape index (κ3) is 6.77. The van der Waals surface area contributed by atoms with Crippen molar-refractivity contribution in [3.05, 3.63) is 65.7 Å². The summed E-state index contributed by atoms with van der Waals surface area (Å²) >= 11 is 0. The molecule has 5 heteroatoms. The van der Waals surface area contributed by atoms with Crippen LogP contribution in [0.5, 0.6) is 0 Å². The maximum absolute atomic E-state index is 12.1. The van der Waals surface area contributed by atoms with E-state index < -0.39 is 0 Å². The number of carbonyl (C=O) groups is 2. The van der Waals surface area contributed by atoms with Gasteiger partial charge in [0.05, 0.1) is 0 Å². The van der Waals surface area contributed by atoms with Gasteiger partial charge in [-0.15, -0.1) is 0 Å². The number of amides is 2. The first-order chi connectivity index (χ1) is 12.0. The van der Waals surface area contributed by atoms with Gasteiger partial charge in [-0.3, -0.25) is 9.59 Å². The topological polar surface area (TPSA) is 84.2 Å². The molecular formula is C20H25N3O2. The van der Waals surface area contributed by atoms with E-state index >= 15 is 0 Å². The van der Waals surface area contributed by atoms with Crippen molar-refractivity contribution in [2.45, 2.75) is 32.2 Å². The van der Waals surface area contributed by atoms with Gasteiger partial charge in [-0.25, -0.2) is 0 Å². The van der Waals surface area contributed by atoms with Gasteiger partial charge in [-0.1, -0.05) is 30.3 Å². The molecule has 25 heavy (non-hydrogen) atoms. The first-order valence-corrected chi connectivity index (χ1v) is 8.52. The summed E-state index contributed by atoms with van der Waals surface area (Å²) in [6.07, 6.45) is 1.83. The fourth-order valence-electron chi connectivity index (χ4n) is 2.35. The van der Waals surface area contributed by atoms with Crippen molar-refractivity contribution >= 4 is 17.5 Å². The highest BCUT2D eigenvalue weighted by molar-refractivity contribution is 5.95. The van der Waals surface area contributed by atoms with Gasteiger partial charge in [-0.2, -0.15) is 0 Å². The van der Waals surface area contributed by atoms with Crippen LogP contribution < -0.4 is 16.4 Å². The molecule has 0 fully saturated rings. The molecule has 132 valence electrons. The fourth-order valence-corrected chi connectivity index (χ4v) is 2.35. The molecule has 0 aliphatic rings. The normalized spacial score (nSPS) is 11.6. The zero-order valence-corrected chi connectivity index (χ0v) is 14.5. The highest BCUT2D eigenvalue weighted by Crippen LogP contribution is 2.10. The number of nitrogens with two attached hydrogens (primary N) is 1. The minimum atomic E-state index is -0.120. The smallest absolute Gasteiger partial charge is 0.251 e. The first kappa shape index (κ1) is 18.7. The van der Waals surface area contributed by atoms with Crippen LogP contribution in [0.2, 0.25) is 0 Å².